The lowest BCUT2D eigenvalue weighted by Gasteiger charge is -2.50. The van der Waals surface area contributed by atoms with Crippen LogP contribution in [0.4, 0.5) is 5.69 Å². The normalized spacial score (nSPS) is 27.5. The topological polar surface area (TPSA) is 61.2 Å². The number of aryl methyl sites for hydroxylation is 1. The summed E-state index contributed by atoms with van der Waals surface area (Å²) < 4.78 is 0. The minimum Gasteiger partial charge on any atom is -0.274 e. The molecular formula is C26H17ClN2O2. The van der Waals surface area contributed by atoms with Crippen LogP contribution in [-0.4, -0.2) is 11.8 Å². The Morgan fingerprint density at radius 2 is 1.55 bits per heavy atom. The van der Waals surface area contributed by atoms with Crippen molar-refractivity contribution in [3.8, 4) is 6.07 Å². The summed E-state index contributed by atoms with van der Waals surface area (Å²) in [6.45, 7) is 1.87. The monoisotopic (exact) mass is 424 g/mol. The van der Waals surface area contributed by atoms with Crippen molar-refractivity contribution < 1.29 is 9.59 Å². The van der Waals surface area contributed by atoms with Gasteiger partial charge >= 0.3 is 0 Å². The molecule has 0 N–H and O–H groups in total. The van der Waals surface area contributed by atoms with E-state index in [-0.39, 0.29) is 17.7 Å². The van der Waals surface area contributed by atoms with Gasteiger partial charge in [-0.1, -0.05) is 66.2 Å². The van der Waals surface area contributed by atoms with E-state index in [0.29, 0.717) is 10.7 Å². The molecule has 1 heterocycles. The van der Waals surface area contributed by atoms with E-state index in [1.165, 1.54) is 4.90 Å². The van der Waals surface area contributed by atoms with E-state index in [1.807, 2.05) is 55.5 Å². The molecule has 0 saturated carbocycles. The van der Waals surface area contributed by atoms with Gasteiger partial charge in [-0.3, -0.25) is 9.59 Å². The predicted octanol–water partition coefficient (Wildman–Crippen LogP) is 4.72. The van der Waals surface area contributed by atoms with Crippen LogP contribution >= 0.6 is 11.6 Å². The van der Waals surface area contributed by atoms with Gasteiger partial charge in [0.15, 0.2) is 0 Å². The van der Waals surface area contributed by atoms with Crippen molar-refractivity contribution in [2.24, 2.45) is 11.8 Å². The Balaban J connectivity index is 1.64. The fourth-order valence-corrected chi connectivity index (χ4v) is 6.11. The molecule has 3 aliphatic carbocycles. The highest BCUT2D eigenvalue weighted by molar-refractivity contribution is 6.32. The number of carbonyl (C=O) groups excluding carboxylic acids is 2. The zero-order chi connectivity index (χ0) is 21.5. The number of rotatable bonds is 1. The summed E-state index contributed by atoms with van der Waals surface area (Å²) >= 11 is 6.31. The first-order valence-electron chi connectivity index (χ1n) is 10.2. The van der Waals surface area contributed by atoms with Crippen LogP contribution in [0.2, 0.25) is 5.02 Å². The zero-order valence-corrected chi connectivity index (χ0v) is 17.4. The van der Waals surface area contributed by atoms with Crippen LogP contribution < -0.4 is 4.90 Å². The maximum absolute atomic E-state index is 13.8. The third-order valence-corrected chi connectivity index (χ3v) is 7.62. The standard InChI is InChI=1S/C26H17ClN2O2/c1-14-10-11-15(12-20(14)27)29-24(30)22-21-16-6-2-4-8-18(16)26(13-28,23(22)25(29)31)19-9-5-3-7-17(19)21/h2-12,21-23H,1H3/t21?,22-,23-,26?/m0/s1. The number of halogens is 1. The van der Waals surface area contributed by atoms with Gasteiger partial charge in [0.25, 0.3) is 0 Å². The van der Waals surface area contributed by atoms with Gasteiger partial charge in [-0.15, -0.1) is 0 Å². The highest BCUT2D eigenvalue weighted by atomic mass is 35.5. The van der Waals surface area contributed by atoms with Gasteiger partial charge in [0.1, 0.15) is 5.41 Å². The van der Waals surface area contributed by atoms with E-state index >= 15 is 0 Å². The third-order valence-electron chi connectivity index (χ3n) is 7.21. The molecule has 0 unspecified atom stereocenters. The molecule has 5 heteroatoms. The van der Waals surface area contributed by atoms with Crippen LogP contribution in [-0.2, 0) is 15.0 Å². The SMILES string of the molecule is Cc1ccc(N2C(=O)[C@@H]3[C@@H](C2=O)C2c4ccccc4C3(C#N)c3ccccc32)cc1Cl. The second kappa shape index (κ2) is 6.06. The first kappa shape index (κ1) is 18.4. The molecule has 2 atom stereocenters. The number of benzene rings is 3. The zero-order valence-electron chi connectivity index (χ0n) is 16.7. The number of nitriles is 1. The van der Waals surface area contributed by atoms with E-state index in [0.717, 1.165) is 27.8 Å². The molecule has 1 saturated heterocycles. The van der Waals surface area contributed by atoms with Crippen LogP contribution in [0.15, 0.2) is 66.7 Å². The van der Waals surface area contributed by atoms with E-state index in [1.54, 1.807) is 18.2 Å². The molecule has 150 valence electrons. The van der Waals surface area contributed by atoms with Gasteiger partial charge in [0.05, 0.1) is 23.6 Å². The van der Waals surface area contributed by atoms with Crippen molar-refractivity contribution in [1.82, 2.24) is 0 Å². The van der Waals surface area contributed by atoms with Crippen molar-refractivity contribution in [2.45, 2.75) is 18.3 Å². The molecule has 1 fully saturated rings. The van der Waals surface area contributed by atoms with Gasteiger partial charge in [0, 0.05) is 10.9 Å². The summed E-state index contributed by atoms with van der Waals surface area (Å²) in [5.74, 6) is -2.22. The van der Waals surface area contributed by atoms with Crippen LogP contribution in [0.3, 0.4) is 0 Å². The molecule has 0 aromatic heterocycles. The van der Waals surface area contributed by atoms with Crippen molar-refractivity contribution in [2.75, 3.05) is 4.90 Å². The largest absolute Gasteiger partial charge is 0.274 e. The molecule has 0 spiro atoms. The summed E-state index contributed by atoms with van der Waals surface area (Å²) in [6, 6.07) is 23.2. The minimum atomic E-state index is -1.19. The molecule has 2 bridgehead atoms. The molecule has 3 aromatic carbocycles. The molecule has 7 rings (SSSR count). The van der Waals surface area contributed by atoms with E-state index < -0.39 is 17.3 Å². The van der Waals surface area contributed by atoms with Crippen LogP contribution in [0.1, 0.15) is 33.7 Å². The van der Waals surface area contributed by atoms with Crippen molar-refractivity contribution in [3.05, 3.63) is 99.6 Å². The first-order chi connectivity index (χ1) is 15.0. The maximum Gasteiger partial charge on any atom is 0.240 e. The molecule has 3 aromatic rings. The summed E-state index contributed by atoms with van der Waals surface area (Å²) in [6.07, 6.45) is 0. The number of amides is 2. The smallest absolute Gasteiger partial charge is 0.240 e. The Labute approximate surface area is 184 Å². The molecule has 4 nitrogen and oxygen atoms in total. The third kappa shape index (κ3) is 2.05. The minimum absolute atomic E-state index is 0.255. The van der Waals surface area contributed by atoms with Crippen LogP contribution in [0, 0.1) is 30.1 Å². The van der Waals surface area contributed by atoms with Gasteiger partial charge < -0.3 is 0 Å². The Bertz CT molecular complexity index is 1310. The van der Waals surface area contributed by atoms with Crippen molar-refractivity contribution >= 4 is 29.1 Å². The molecule has 2 amide bonds. The van der Waals surface area contributed by atoms with E-state index in [9.17, 15) is 14.9 Å². The van der Waals surface area contributed by atoms with Crippen molar-refractivity contribution in [3.63, 3.8) is 0 Å². The van der Waals surface area contributed by atoms with E-state index in [4.69, 9.17) is 11.6 Å². The lowest BCUT2D eigenvalue weighted by Crippen LogP contribution is -2.52. The lowest BCUT2D eigenvalue weighted by molar-refractivity contribution is -0.122. The summed E-state index contributed by atoms with van der Waals surface area (Å²) in [5.41, 5.74) is 3.75. The highest BCUT2D eigenvalue weighted by Gasteiger charge is 2.68. The Morgan fingerprint density at radius 1 is 0.935 bits per heavy atom. The molecule has 0 radical (unpaired) electrons. The Morgan fingerprint density at radius 3 is 2.13 bits per heavy atom. The predicted molar refractivity (Wildman–Crippen MR) is 117 cm³/mol. The summed E-state index contributed by atoms with van der Waals surface area (Å²) in [4.78, 5) is 28.8. The second-order valence-electron chi connectivity index (χ2n) is 8.52. The number of hydrogen-bond donors (Lipinski definition) is 0. The molecule has 31 heavy (non-hydrogen) atoms. The number of hydrogen-bond acceptors (Lipinski definition) is 3. The number of carbonyl (C=O) groups is 2. The summed E-state index contributed by atoms with van der Waals surface area (Å²) in [5, 5.41) is 11.1. The number of nitrogens with zero attached hydrogens (tertiary/aromatic N) is 2. The van der Waals surface area contributed by atoms with Crippen molar-refractivity contribution in [1.29, 1.82) is 5.26 Å². The average molecular weight is 425 g/mol. The molecular weight excluding hydrogens is 408 g/mol. The Kier molecular flexibility index (Phi) is 3.59. The van der Waals surface area contributed by atoms with E-state index in [2.05, 4.69) is 6.07 Å². The Hall–Kier alpha value is -3.42. The summed E-state index contributed by atoms with van der Waals surface area (Å²) in [7, 11) is 0. The lowest BCUT2D eigenvalue weighted by atomic mass is 9.48. The average Bonchev–Trinajstić information content (AvgIpc) is 3.07. The maximum atomic E-state index is 13.8. The fourth-order valence-electron chi connectivity index (χ4n) is 5.94. The number of anilines is 1. The van der Waals surface area contributed by atoms with Crippen LogP contribution in [0.5, 0.6) is 0 Å². The van der Waals surface area contributed by atoms with Gasteiger partial charge in [-0.2, -0.15) is 5.26 Å². The van der Waals surface area contributed by atoms with Gasteiger partial charge in [-0.25, -0.2) is 4.90 Å². The first-order valence-corrected chi connectivity index (χ1v) is 10.6. The molecule has 4 aliphatic rings. The van der Waals surface area contributed by atoms with Gasteiger partial charge in [0.2, 0.25) is 11.8 Å². The number of imide groups is 1. The fraction of sp³-hybridized carbons (Fsp3) is 0.192. The highest BCUT2D eigenvalue weighted by Crippen LogP contribution is 2.64. The quantitative estimate of drug-likeness (QED) is 0.531. The second-order valence-corrected chi connectivity index (χ2v) is 8.93. The van der Waals surface area contributed by atoms with Crippen LogP contribution in [0.25, 0.3) is 0 Å². The van der Waals surface area contributed by atoms with Gasteiger partial charge in [-0.05, 0) is 46.9 Å². The molecule has 1 aliphatic heterocycles.